The largest absolute Gasteiger partial charge is 0.394 e. The SMILES string of the molecule is Cc1ccc(N2CCCN(C)CC2CO)cc1Cl. The van der Waals surface area contributed by atoms with Crippen LogP contribution in [0.15, 0.2) is 18.2 Å². The number of rotatable bonds is 2. The van der Waals surface area contributed by atoms with Gasteiger partial charge in [0.15, 0.2) is 0 Å². The van der Waals surface area contributed by atoms with Gasteiger partial charge >= 0.3 is 0 Å². The van der Waals surface area contributed by atoms with E-state index < -0.39 is 0 Å². The van der Waals surface area contributed by atoms with Crippen molar-refractivity contribution in [3.8, 4) is 0 Å². The van der Waals surface area contributed by atoms with Gasteiger partial charge in [0.25, 0.3) is 0 Å². The van der Waals surface area contributed by atoms with Crippen molar-refractivity contribution in [1.82, 2.24) is 4.90 Å². The summed E-state index contributed by atoms with van der Waals surface area (Å²) in [6.07, 6.45) is 1.11. The van der Waals surface area contributed by atoms with Crippen LogP contribution in [0.4, 0.5) is 5.69 Å². The molecule has 1 fully saturated rings. The maximum Gasteiger partial charge on any atom is 0.0647 e. The number of likely N-dealkylation sites (N-methyl/N-ethyl adjacent to an activating group) is 1. The molecule has 3 nitrogen and oxygen atoms in total. The summed E-state index contributed by atoms with van der Waals surface area (Å²) >= 11 is 6.19. The second-order valence-corrected chi connectivity index (χ2v) is 5.49. The van der Waals surface area contributed by atoms with Crippen LogP contribution in [-0.4, -0.2) is 49.3 Å². The number of aryl methyl sites for hydroxylation is 1. The van der Waals surface area contributed by atoms with Crippen molar-refractivity contribution in [2.45, 2.75) is 19.4 Å². The number of halogens is 1. The van der Waals surface area contributed by atoms with E-state index in [1.807, 2.05) is 19.1 Å². The summed E-state index contributed by atoms with van der Waals surface area (Å²) in [6.45, 7) is 5.12. The fourth-order valence-electron chi connectivity index (χ4n) is 2.50. The summed E-state index contributed by atoms with van der Waals surface area (Å²) in [7, 11) is 2.11. The van der Waals surface area contributed by atoms with Crippen LogP contribution in [0, 0.1) is 6.92 Å². The smallest absolute Gasteiger partial charge is 0.0647 e. The predicted octanol–water partition coefficient (Wildman–Crippen LogP) is 2.15. The lowest BCUT2D eigenvalue weighted by Gasteiger charge is -2.31. The Bertz CT molecular complexity index is 411. The second-order valence-electron chi connectivity index (χ2n) is 5.08. The molecule has 0 aromatic heterocycles. The zero-order valence-corrected chi connectivity index (χ0v) is 11.8. The van der Waals surface area contributed by atoms with Gasteiger partial charge in [0.05, 0.1) is 12.6 Å². The van der Waals surface area contributed by atoms with Crippen LogP contribution in [-0.2, 0) is 0 Å². The van der Waals surface area contributed by atoms with Crippen LogP contribution in [0.1, 0.15) is 12.0 Å². The maximum absolute atomic E-state index is 9.59. The van der Waals surface area contributed by atoms with Crippen molar-refractivity contribution >= 4 is 17.3 Å². The topological polar surface area (TPSA) is 26.7 Å². The molecule has 1 aromatic rings. The van der Waals surface area contributed by atoms with Gasteiger partial charge in [-0.25, -0.2) is 0 Å². The molecule has 0 amide bonds. The molecule has 0 bridgehead atoms. The van der Waals surface area contributed by atoms with Crippen LogP contribution < -0.4 is 4.90 Å². The third kappa shape index (κ3) is 2.97. The Hall–Kier alpha value is -0.770. The molecule has 1 aliphatic rings. The normalized spacial score (nSPS) is 22.0. The summed E-state index contributed by atoms with van der Waals surface area (Å²) in [6, 6.07) is 6.29. The number of anilines is 1. The van der Waals surface area contributed by atoms with E-state index in [9.17, 15) is 5.11 Å². The Balaban J connectivity index is 2.25. The van der Waals surface area contributed by atoms with E-state index in [0.29, 0.717) is 0 Å². The van der Waals surface area contributed by atoms with Gasteiger partial charge in [-0.2, -0.15) is 0 Å². The lowest BCUT2D eigenvalue weighted by atomic mass is 10.1. The van der Waals surface area contributed by atoms with E-state index in [0.717, 1.165) is 42.3 Å². The minimum atomic E-state index is 0.149. The average molecular weight is 269 g/mol. The zero-order chi connectivity index (χ0) is 13.1. The molecule has 0 radical (unpaired) electrons. The molecule has 4 heteroatoms. The Morgan fingerprint density at radius 1 is 1.39 bits per heavy atom. The fraction of sp³-hybridized carbons (Fsp3) is 0.571. The highest BCUT2D eigenvalue weighted by Crippen LogP contribution is 2.26. The third-order valence-corrected chi connectivity index (χ3v) is 4.01. The lowest BCUT2D eigenvalue weighted by Crippen LogP contribution is -2.42. The van der Waals surface area contributed by atoms with E-state index >= 15 is 0 Å². The minimum Gasteiger partial charge on any atom is -0.394 e. The molecule has 1 unspecified atom stereocenters. The molecule has 2 rings (SSSR count). The number of hydrogen-bond acceptors (Lipinski definition) is 3. The Labute approximate surface area is 114 Å². The first-order valence-electron chi connectivity index (χ1n) is 6.44. The summed E-state index contributed by atoms with van der Waals surface area (Å²) in [5.74, 6) is 0. The minimum absolute atomic E-state index is 0.149. The summed E-state index contributed by atoms with van der Waals surface area (Å²) in [4.78, 5) is 4.55. The number of aliphatic hydroxyl groups excluding tert-OH is 1. The van der Waals surface area contributed by atoms with Crippen LogP contribution in [0.25, 0.3) is 0 Å². The molecule has 1 N–H and O–H groups in total. The van der Waals surface area contributed by atoms with Crippen molar-refractivity contribution < 1.29 is 5.11 Å². The van der Waals surface area contributed by atoms with Gasteiger partial charge in [-0.1, -0.05) is 17.7 Å². The molecule has 0 aliphatic carbocycles. The summed E-state index contributed by atoms with van der Waals surface area (Å²) in [5.41, 5.74) is 2.20. The first kappa shape index (κ1) is 13.7. The number of hydrogen-bond donors (Lipinski definition) is 1. The molecular formula is C14H21ClN2O. The molecule has 100 valence electrons. The summed E-state index contributed by atoms with van der Waals surface area (Å²) in [5, 5.41) is 10.4. The van der Waals surface area contributed by atoms with Gasteiger partial charge in [0, 0.05) is 23.8 Å². The van der Waals surface area contributed by atoms with Crippen molar-refractivity contribution in [2.75, 3.05) is 38.2 Å². The third-order valence-electron chi connectivity index (χ3n) is 3.60. The van der Waals surface area contributed by atoms with Crippen LogP contribution in [0.3, 0.4) is 0 Å². The van der Waals surface area contributed by atoms with Crippen molar-refractivity contribution in [3.63, 3.8) is 0 Å². The van der Waals surface area contributed by atoms with Gasteiger partial charge in [0.1, 0.15) is 0 Å². The molecule has 0 saturated carbocycles. The van der Waals surface area contributed by atoms with Crippen molar-refractivity contribution in [3.05, 3.63) is 28.8 Å². The highest BCUT2D eigenvalue weighted by molar-refractivity contribution is 6.31. The Morgan fingerprint density at radius 3 is 2.83 bits per heavy atom. The van der Waals surface area contributed by atoms with Gasteiger partial charge < -0.3 is 14.9 Å². The molecule has 18 heavy (non-hydrogen) atoms. The molecule has 1 aromatic carbocycles. The van der Waals surface area contributed by atoms with Crippen LogP contribution in [0.5, 0.6) is 0 Å². The van der Waals surface area contributed by atoms with Gasteiger partial charge in [-0.3, -0.25) is 0 Å². The van der Waals surface area contributed by atoms with Gasteiger partial charge in [-0.15, -0.1) is 0 Å². The Morgan fingerprint density at radius 2 is 2.17 bits per heavy atom. The molecule has 1 aliphatic heterocycles. The second kappa shape index (κ2) is 5.91. The Kier molecular flexibility index (Phi) is 4.49. The van der Waals surface area contributed by atoms with Crippen LogP contribution in [0.2, 0.25) is 5.02 Å². The van der Waals surface area contributed by atoms with Gasteiger partial charge in [-0.05, 0) is 44.6 Å². The summed E-state index contributed by atoms with van der Waals surface area (Å²) < 4.78 is 0. The standard InChI is InChI=1S/C14H21ClN2O/c1-11-4-5-12(8-14(11)15)17-7-3-6-16(2)9-13(17)10-18/h4-5,8,13,18H,3,6-7,9-10H2,1-2H3. The van der Waals surface area contributed by atoms with Crippen LogP contribution >= 0.6 is 11.6 Å². The van der Waals surface area contributed by atoms with Gasteiger partial charge in [0.2, 0.25) is 0 Å². The van der Waals surface area contributed by atoms with Crippen molar-refractivity contribution in [1.29, 1.82) is 0 Å². The number of aliphatic hydroxyl groups is 1. The zero-order valence-electron chi connectivity index (χ0n) is 11.1. The van der Waals surface area contributed by atoms with Crippen molar-refractivity contribution in [2.24, 2.45) is 0 Å². The molecule has 1 atom stereocenters. The predicted molar refractivity (Wildman–Crippen MR) is 76.5 cm³/mol. The average Bonchev–Trinajstić information content (AvgIpc) is 2.54. The first-order chi connectivity index (χ1) is 8.61. The van der Waals surface area contributed by atoms with E-state index in [1.54, 1.807) is 0 Å². The molecule has 1 heterocycles. The quantitative estimate of drug-likeness (QED) is 0.890. The molecule has 1 saturated heterocycles. The van der Waals surface area contributed by atoms with E-state index in [4.69, 9.17) is 11.6 Å². The lowest BCUT2D eigenvalue weighted by molar-refractivity contribution is 0.229. The maximum atomic E-state index is 9.59. The highest BCUT2D eigenvalue weighted by atomic mass is 35.5. The molecular weight excluding hydrogens is 248 g/mol. The van der Waals surface area contributed by atoms with E-state index in [2.05, 4.69) is 22.9 Å². The van der Waals surface area contributed by atoms with E-state index in [1.165, 1.54) is 0 Å². The number of nitrogens with zero attached hydrogens (tertiary/aromatic N) is 2. The fourth-order valence-corrected chi connectivity index (χ4v) is 2.67. The highest BCUT2D eigenvalue weighted by Gasteiger charge is 2.23. The monoisotopic (exact) mass is 268 g/mol. The first-order valence-corrected chi connectivity index (χ1v) is 6.82. The van der Waals surface area contributed by atoms with E-state index in [-0.39, 0.29) is 12.6 Å². The molecule has 0 spiro atoms. The number of benzene rings is 1.